The molecular weight excluding hydrogens is 1070 g/mol. The molecule has 10 atom stereocenters. The minimum atomic E-state index is -1.71. The van der Waals surface area contributed by atoms with Crippen LogP contribution in [0.5, 0.6) is 11.5 Å². The summed E-state index contributed by atoms with van der Waals surface area (Å²) in [4.78, 5) is 92.3. The molecule has 3 amide bonds. The highest BCUT2D eigenvalue weighted by Crippen LogP contribution is 2.65. The molecule has 10 rings (SSSR count). The van der Waals surface area contributed by atoms with Crippen molar-refractivity contribution in [3.8, 4) is 11.5 Å². The number of fused-ring (bicyclic) bond motifs is 4. The van der Waals surface area contributed by atoms with E-state index in [0.29, 0.717) is 34.5 Å². The number of hydrogen-bond acceptors (Lipinski definition) is 13. The second-order valence-corrected chi connectivity index (χ2v) is 21.2. The Kier molecular flexibility index (Phi) is 14.8. The van der Waals surface area contributed by atoms with E-state index >= 15 is 4.79 Å². The average Bonchev–Trinajstić information content (AvgIpc) is 4.08. The van der Waals surface area contributed by atoms with Crippen LogP contribution in [0.2, 0.25) is 0 Å². The summed E-state index contributed by atoms with van der Waals surface area (Å²) in [5, 5.41) is 16.1. The van der Waals surface area contributed by atoms with Crippen LogP contribution in [0, 0.1) is 15.4 Å². The van der Waals surface area contributed by atoms with Gasteiger partial charge in [0.05, 0.1) is 24.0 Å². The number of hydrogen-bond donors (Lipinski definition) is 3. The normalized spacial score (nSPS) is 26.7. The van der Waals surface area contributed by atoms with E-state index in [2.05, 4.69) is 44.7 Å². The number of carbonyl (C=O) groups is 6. The van der Waals surface area contributed by atoms with Crippen LogP contribution in [0.4, 0.5) is 5.69 Å². The number of amides is 3. The fourth-order valence-corrected chi connectivity index (χ4v) is 12.6. The molecule has 4 fully saturated rings. The van der Waals surface area contributed by atoms with Gasteiger partial charge >= 0.3 is 17.9 Å². The topological polar surface area (TPSA) is 193 Å². The summed E-state index contributed by atoms with van der Waals surface area (Å²) in [6.45, 7) is 4.22. The minimum Gasteiger partial charge on any atom is -0.508 e. The Hall–Kier alpha value is -7.09. The maximum Gasteiger partial charge on any atom is 0.325 e. The fourth-order valence-electron chi connectivity index (χ4n) is 12.1. The number of carbonyl (C=O) groups excluding carboxylic acids is 6. The summed E-state index contributed by atoms with van der Waals surface area (Å²) in [7, 11) is 3.96. The standard InChI is InChI=1S/C58H58IN5O11/c1-4-29-73-55(69)46-49-56(70)75-50(36-15-9-6-10-16-36)48(34-13-7-5-8-14-34)64(49)51(58(46)42-32-38(59)22-27-43(42)61-57(58)71)37-20-25-40(26-21-37)72-30-31-74-54(68)41-33-45-52(66)60-44(17-11-12-28-62(2)3)53(67)63(45)47(41)35-18-23-39(65)24-19-35/h4-10,13-16,18-27,32,41,44-51,65H,1,11-12,17,28-31,33H2,2-3H3,(H,60,66)(H,61,71)/t41-,44-,45-,46+,47-,48+,49+,50-,51-,58+/m0/s1. The lowest BCUT2D eigenvalue weighted by molar-refractivity contribution is -0.180. The van der Waals surface area contributed by atoms with Gasteiger partial charge in [-0.3, -0.25) is 33.7 Å². The maximum absolute atomic E-state index is 15.2. The summed E-state index contributed by atoms with van der Waals surface area (Å²) in [6.07, 6.45) is 2.69. The number of morpholine rings is 1. The van der Waals surface area contributed by atoms with Gasteiger partial charge in [-0.05, 0) is 139 Å². The number of rotatable bonds is 17. The highest BCUT2D eigenvalue weighted by Gasteiger charge is 2.74. The number of phenolic OH excluding ortho intramolecular Hbond substituents is 1. The Morgan fingerprint density at radius 2 is 1.49 bits per heavy atom. The minimum absolute atomic E-state index is 0.0209. The average molecular weight is 1130 g/mol. The maximum atomic E-state index is 15.2. The molecule has 0 aromatic heterocycles. The van der Waals surface area contributed by atoms with Crippen LogP contribution < -0.4 is 15.4 Å². The summed E-state index contributed by atoms with van der Waals surface area (Å²) in [6, 6.07) is 32.6. The molecule has 388 valence electrons. The molecule has 3 N–H and O–H groups in total. The van der Waals surface area contributed by atoms with Crippen LogP contribution in [0.1, 0.15) is 77.7 Å². The lowest BCUT2D eigenvalue weighted by Crippen LogP contribution is -2.61. The number of aromatic hydroxyl groups is 1. The van der Waals surface area contributed by atoms with E-state index in [9.17, 15) is 29.1 Å². The van der Waals surface area contributed by atoms with Crippen molar-refractivity contribution >= 4 is 63.9 Å². The van der Waals surface area contributed by atoms with Crippen LogP contribution in [-0.4, -0.2) is 114 Å². The molecule has 4 saturated heterocycles. The van der Waals surface area contributed by atoms with Gasteiger partial charge in [-0.2, -0.15) is 0 Å². The van der Waals surface area contributed by atoms with Gasteiger partial charge in [0, 0.05) is 9.26 Å². The summed E-state index contributed by atoms with van der Waals surface area (Å²) in [5.41, 5.74) is 2.08. The van der Waals surface area contributed by atoms with Gasteiger partial charge in [0.25, 0.3) is 0 Å². The molecule has 5 heterocycles. The number of ether oxygens (including phenoxy) is 4. The second-order valence-electron chi connectivity index (χ2n) is 19.9. The van der Waals surface area contributed by atoms with Crippen LogP contribution in [-0.2, 0) is 48.4 Å². The third kappa shape index (κ3) is 9.54. The quantitative estimate of drug-likeness (QED) is 0.0281. The zero-order valence-corrected chi connectivity index (χ0v) is 43.7. The number of benzene rings is 5. The van der Waals surface area contributed by atoms with Crippen molar-refractivity contribution in [1.82, 2.24) is 20.0 Å². The number of phenols is 1. The summed E-state index contributed by atoms with van der Waals surface area (Å²) < 4.78 is 25.1. The summed E-state index contributed by atoms with van der Waals surface area (Å²) >= 11 is 2.18. The third-order valence-corrected chi connectivity index (χ3v) is 15.9. The molecule has 0 bridgehead atoms. The lowest BCUT2D eigenvalue weighted by Gasteiger charge is -2.46. The van der Waals surface area contributed by atoms with Crippen LogP contribution in [0.15, 0.2) is 140 Å². The molecule has 0 saturated carbocycles. The molecule has 5 aromatic carbocycles. The van der Waals surface area contributed by atoms with Crippen LogP contribution in [0.25, 0.3) is 0 Å². The Morgan fingerprint density at radius 1 is 0.813 bits per heavy atom. The van der Waals surface area contributed by atoms with Crippen molar-refractivity contribution in [3.63, 3.8) is 0 Å². The van der Waals surface area contributed by atoms with E-state index in [0.717, 1.165) is 34.1 Å². The van der Waals surface area contributed by atoms with Gasteiger partial charge in [-0.1, -0.05) is 97.6 Å². The van der Waals surface area contributed by atoms with Crippen molar-refractivity contribution in [1.29, 1.82) is 0 Å². The van der Waals surface area contributed by atoms with Gasteiger partial charge in [0.1, 0.15) is 66.9 Å². The first-order chi connectivity index (χ1) is 36.3. The number of unbranched alkanes of at least 4 members (excludes halogenated alkanes) is 1. The van der Waals surface area contributed by atoms with Crippen molar-refractivity contribution in [2.45, 2.75) is 73.5 Å². The predicted molar refractivity (Wildman–Crippen MR) is 284 cm³/mol. The van der Waals surface area contributed by atoms with Gasteiger partial charge in [-0.25, -0.2) is 0 Å². The molecule has 0 unspecified atom stereocenters. The number of piperazine rings is 1. The Bertz CT molecular complexity index is 2980. The van der Waals surface area contributed by atoms with Gasteiger partial charge in [0.15, 0.2) is 0 Å². The number of cyclic esters (lactones) is 1. The number of anilines is 1. The van der Waals surface area contributed by atoms with Gasteiger partial charge in [0.2, 0.25) is 17.7 Å². The molecular formula is C58H58IN5O11. The van der Waals surface area contributed by atoms with Crippen molar-refractivity contribution < 1.29 is 52.8 Å². The Morgan fingerprint density at radius 3 is 2.19 bits per heavy atom. The highest BCUT2D eigenvalue weighted by molar-refractivity contribution is 14.1. The van der Waals surface area contributed by atoms with Gasteiger partial charge in [-0.15, -0.1) is 0 Å². The molecule has 1 spiro atoms. The van der Waals surface area contributed by atoms with Crippen LogP contribution >= 0.6 is 22.6 Å². The first-order valence-electron chi connectivity index (χ1n) is 25.2. The fraction of sp³-hybridized carbons (Fsp3) is 0.345. The lowest BCUT2D eigenvalue weighted by atomic mass is 9.65. The molecule has 5 aliphatic heterocycles. The van der Waals surface area contributed by atoms with E-state index in [1.54, 1.807) is 30.3 Å². The Labute approximate surface area is 448 Å². The molecule has 75 heavy (non-hydrogen) atoms. The second kappa shape index (κ2) is 21.6. The molecule has 17 heteroatoms. The zero-order chi connectivity index (χ0) is 52.5. The van der Waals surface area contributed by atoms with E-state index < -0.39 is 83.4 Å². The van der Waals surface area contributed by atoms with Crippen molar-refractivity contribution in [3.05, 3.63) is 171 Å². The van der Waals surface area contributed by atoms with E-state index in [4.69, 9.17) is 18.9 Å². The smallest absolute Gasteiger partial charge is 0.325 e. The number of nitrogens with one attached hydrogen (secondary N) is 2. The highest BCUT2D eigenvalue weighted by atomic mass is 127. The molecule has 0 radical (unpaired) electrons. The zero-order valence-electron chi connectivity index (χ0n) is 41.5. The number of halogens is 1. The van der Waals surface area contributed by atoms with Crippen molar-refractivity contribution in [2.75, 3.05) is 45.8 Å². The van der Waals surface area contributed by atoms with E-state index in [1.807, 2.05) is 104 Å². The molecule has 5 aliphatic rings. The first kappa shape index (κ1) is 51.4. The number of nitrogens with zero attached hydrogens (tertiary/aromatic N) is 3. The first-order valence-corrected chi connectivity index (χ1v) is 26.3. The third-order valence-electron chi connectivity index (χ3n) is 15.2. The Balaban J connectivity index is 0.939. The van der Waals surface area contributed by atoms with Crippen LogP contribution in [0.3, 0.4) is 0 Å². The monoisotopic (exact) mass is 1130 g/mol. The molecule has 0 aliphatic carbocycles. The SMILES string of the molecule is C=CCOC(=O)[C@H]1[C@@H]2C(=O)O[C@@H](c3ccccc3)[C@@H](c3ccccc3)N2[C@@H](c2ccc(OCCOC(=O)[C@H]3C[C@H]4C(=O)N[C@@H](CCCCN(C)C)C(=O)N4[C@H]3c3ccc(O)cc3)cc2)[C@]12C(=O)Nc1ccc(I)cc12. The van der Waals surface area contributed by atoms with Gasteiger partial charge < -0.3 is 44.5 Å². The summed E-state index contributed by atoms with van der Waals surface area (Å²) in [5.74, 6) is -4.89. The van der Waals surface area contributed by atoms with E-state index in [-0.39, 0.29) is 43.8 Å². The predicted octanol–water partition coefficient (Wildman–Crippen LogP) is 7.11. The van der Waals surface area contributed by atoms with E-state index in [1.165, 1.54) is 23.1 Å². The number of esters is 3. The van der Waals surface area contributed by atoms with Crippen molar-refractivity contribution in [2.24, 2.45) is 11.8 Å². The largest absolute Gasteiger partial charge is 0.508 e. The molecule has 16 nitrogen and oxygen atoms in total. The molecule has 5 aromatic rings.